The van der Waals surface area contributed by atoms with Crippen molar-refractivity contribution in [2.24, 2.45) is 23.7 Å². The fourth-order valence-corrected chi connectivity index (χ4v) is 3.39. The molecule has 1 fully saturated rings. The predicted octanol–water partition coefficient (Wildman–Crippen LogP) is 5.28. The fourth-order valence-electron chi connectivity index (χ4n) is 3.39. The molecule has 0 amide bonds. The lowest BCUT2D eigenvalue weighted by molar-refractivity contribution is 0.323. The van der Waals surface area contributed by atoms with E-state index >= 15 is 0 Å². The third-order valence-corrected chi connectivity index (χ3v) is 4.56. The second kappa shape index (κ2) is 6.55. The van der Waals surface area contributed by atoms with Crippen molar-refractivity contribution in [3.63, 3.8) is 0 Å². The van der Waals surface area contributed by atoms with Gasteiger partial charge in [-0.15, -0.1) is 0 Å². The quantitative estimate of drug-likeness (QED) is 0.560. The Morgan fingerprint density at radius 3 is 2.47 bits per heavy atom. The first-order valence-electron chi connectivity index (χ1n) is 7.19. The molecule has 0 heterocycles. The first kappa shape index (κ1) is 13.1. The molecule has 0 heteroatoms. The zero-order chi connectivity index (χ0) is 11.3. The van der Waals surface area contributed by atoms with Gasteiger partial charge < -0.3 is 0 Å². The zero-order valence-corrected chi connectivity index (χ0v) is 11.3. The Morgan fingerprint density at radius 2 is 1.87 bits per heavy atom. The minimum absolute atomic E-state index is 0.981. The SMILES string of the molecule is CCCCC(C)C1CC(C)C(CCC)C1. The van der Waals surface area contributed by atoms with Crippen LogP contribution in [0.5, 0.6) is 0 Å². The van der Waals surface area contributed by atoms with Crippen LogP contribution in [-0.2, 0) is 0 Å². The summed E-state index contributed by atoms with van der Waals surface area (Å²) in [5.74, 6) is 4.07. The van der Waals surface area contributed by atoms with Gasteiger partial charge in [0.05, 0.1) is 0 Å². The number of rotatable bonds is 6. The first-order chi connectivity index (χ1) is 7.19. The van der Waals surface area contributed by atoms with Crippen molar-refractivity contribution >= 4 is 0 Å². The largest absolute Gasteiger partial charge is 0.0654 e. The summed E-state index contributed by atoms with van der Waals surface area (Å²) in [6.45, 7) is 9.61. The number of hydrogen-bond donors (Lipinski definition) is 0. The summed E-state index contributed by atoms with van der Waals surface area (Å²) in [7, 11) is 0. The summed E-state index contributed by atoms with van der Waals surface area (Å²) in [6, 6.07) is 0. The van der Waals surface area contributed by atoms with E-state index in [-0.39, 0.29) is 0 Å². The standard InChI is InChI=1S/C15H30/c1-5-7-9-12(3)15-10-13(4)14(11-15)8-6-2/h12-15H,5-11H2,1-4H3. The summed E-state index contributed by atoms with van der Waals surface area (Å²) in [4.78, 5) is 0. The highest BCUT2D eigenvalue weighted by Crippen LogP contribution is 2.43. The van der Waals surface area contributed by atoms with Gasteiger partial charge >= 0.3 is 0 Å². The van der Waals surface area contributed by atoms with E-state index in [2.05, 4.69) is 27.7 Å². The van der Waals surface area contributed by atoms with Gasteiger partial charge in [-0.25, -0.2) is 0 Å². The van der Waals surface area contributed by atoms with Gasteiger partial charge in [-0.3, -0.25) is 0 Å². The molecule has 0 aromatic carbocycles. The molecular weight excluding hydrogens is 180 g/mol. The van der Waals surface area contributed by atoms with Crippen molar-refractivity contribution in [1.29, 1.82) is 0 Å². The Hall–Kier alpha value is 0. The molecule has 15 heavy (non-hydrogen) atoms. The third-order valence-electron chi connectivity index (χ3n) is 4.56. The molecule has 0 aliphatic heterocycles. The van der Waals surface area contributed by atoms with Crippen molar-refractivity contribution in [3.8, 4) is 0 Å². The Bertz CT molecular complexity index is 161. The van der Waals surface area contributed by atoms with Gasteiger partial charge in [0.15, 0.2) is 0 Å². The molecule has 1 saturated carbocycles. The topological polar surface area (TPSA) is 0 Å². The third kappa shape index (κ3) is 3.81. The van der Waals surface area contributed by atoms with Crippen LogP contribution in [0.3, 0.4) is 0 Å². The highest BCUT2D eigenvalue weighted by Gasteiger charge is 2.32. The summed E-state index contributed by atoms with van der Waals surface area (Å²) < 4.78 is 0. The van der Waals surface area contributed by atoms with E-state index in [1.165, 1.54) is 44.9 Å². The fraction of sp³-hybridized carbons (Fsp3) is 1.00. The van der Waals surface area contributed by atoms with Crippen LogP contribution in [0.15, 0.2) is 0 Å². The molecule has 0 aromatic heterocycles. The molecular formula is C15H30. The smallest absolute Gasteiger partial charge is 0.0383 e. The van der Waals surface area contributed by atoms with Gasteiger partial charge in [0.1, 0.15) is 0 Å². The molecule has 1 aliphatic rings. The van der Waals surface area contributed by atoms with Crippen LogP contribution in [0, 0.1) is 23.7 Å². The van der Waals surface area contributed by atoms with Gasteiger partial charge in [-0.2, -0.15) is 0 Å². The van der Waals surface area contributed by atoms with Crippen LogP contribution in [0.25, 0.3) is 0 Å². The molecule has 0 radical (unpaired) electrons. The van der Waals surface area contributed by atoms with Gasteiger partial charge in [0.25, 0.3) is 0 Å². The van der Waals surface area contributed by atoms with Crippen LogP contribution in [0.2, 0.25) is 0 Å². The zero-order valence-electron chi connectivity index (χ0n) is 11.3. The molecule has 0 nitrogen and oxygen atoms in total. The minimum atomic E-state index is 0.981. The van der Waals surface area contributed by atoms with E-state index < -0.39 is 0 Å². The molecule has 1 rings (SSSR count). The summed E-state index contributed by atoms with van der Waals surface area (Å²) >= 11 is 0. The molecule has 0 spiro atoms. The van der Waals surface area contributed by atoms with Crippen LogP contribution >= 0.6 is 0 Å². The van der Waals surface area contributed by atoms with E-state index in [0.717, 1.165) is 23.7 Å². The van der Waals surface area contributed by atoms with Crippen LogP contribution in [-0.4, -0.2) is 0 Å². The van der Waals surface area contributed by atoms with Crippen molar-refractivity contribution in [2.75, 3.05) is 0 Å². The average molecular weight is 210 g/mol. The van der Waals surface area contributed by atoms with Crippen LogP contribution in [0.1, 0.15) is 72.6 Å². The Morgan fingerprint density at radius 1 is 1.13 bits per heavy atom. The second-order valence-corrected chi connectivity index (χ2v) is 5.88. The molecule has 1 aliphatic carbocycles. The summed E-state index contributed by atoms with van der Waals surface area (Å²) in [5, 5.41) is 0. The predicted molar refractivity (Wildman–Crippen MR) is 69.0 cm³/mol. The van der Waals surface area contributed by atoms with E-state index in [0.29, 0.717) is 0 Å². The molecule has 4 atom stereocenters. The highest BCUT2D eigenvalue weighted by atomic mass is 14.4. The maximum Gasteiger partial charge on any atom is -0.0383 e. The minimum Gasteiger partial charge on any atom is -0.0654 e. The van der Waals surface area contributed by atoms with Crippen molar-refractivity contribution in [3.05, 3.63) is 0 Å². The molecule has 4 unspecified atom stereocenters. The molecule has 0 saturated heterocycles. The highest BCUT2D eigenvalue weighted by molar-refractivity contribution is 4.83. The molecule has 0 N–H and O–H groups in total. The second-order valence-electron chi connectivity index (χ2n) is 5.88. The van der Waals surface area contributed by atoms with E-state index in [9.17, 15) is 0 Å². The normalized spacial score (nSPS) is 33.2. The Balaban J connectivity index is 2.32. The summed E-state index contributed by atoms with van der Waals surface area (Å²) in [6.07, 6.45) is 10.2. The number of hydrogen-bond acceptors (Lipinski definition) is 0. The lowest BCUT2D eigenvalue weighted by atomic mass is 9.87. The Kier molecular flexibility index (Phi) is 5.71. The van der Waals surface area contributed by atoms with Crippen LogP contribution < -0.4 is 0 Å². The van der Waals surface area contributed by atoms with Crippen LogP contribution in [0.4, 0.5) is 0 Å². The van der Waals surface area contributed by atoms with E-state index in [1.807, 2.05) is 0 Å². The van der Waals surface area contributed by atoms with Gasteiger partial charge in [-0.1, -0.05) is 59.8 Å². The maximum atomic E-state index is 2.49. The Labute approximate surface area is 96.8 Å². The maximum absolute atomic E-state index is 2.49. The first-order valence-corrected chi connectivity index (χ1v) is 7.19. The van der Waals surface area contributed by atoms with Gasteiger partial charge in [0.2, 0.25) is 0 Å². The van der Waals surface area contributed by atoms with Crippen molar-refractivity contribution in [2.45, 2.75) is 72.6 Å². The lowest BCUT2D eigenvalue weighted by Crippen LogP contribution is -2.08. The molecule has 90 valence electrons. The molecule has 0 aromatic rings. The van der Waals surface area contributed by atoms with E-state index in [4.69, 9.17) is 0 Å². The van der Waals surface area contributed by atoms with Gasteiger partial charge in [-0.05, 0) is 36.5 Å². The van der Waals surface area contributed by atoms with Crippen molar-refractivity contribution in [1.82, 2.24) is 0 Å². The summed E-state index contributed by atoms with van der Waals surface area (Å²) in [5.41, 5.74) is 0. The monoisotopic (exact) mass is 210 g/mol. The van der Waals surface area contributed by atoms with Gasteiger partial charge in [0, 0.05) is 0 Å². The van der Waals surface area contributed by atoms with Crippen molar-refractivity contribution < 1.29 is 0 Å². The number of unbranched alkanes of at least 4 members (excludes halogenated alkanes) is 1. The average Bonchev–Trinajstić information content (AvgIpc) is 2.58. The lowest BCUT2D eigenvalue weighted by Gasteiger charge is -2.19. The molecule has 0 bridgehead atoms. The van der Waals surface area contributed by atoms with E-state index in [1.54, 1.807) is 0 Å².